The first kappa shape index (κ1) is 51.5. The van der Waals surface area contributed by atoms with Crippen LogP contribution in [0.4, 0.5) is 0 Å². The second-order valence-electron chi connectivity index (χ2n) is 11.7. The van der Waals surface area contributed by atoms with Crippen LogP contribution < -0.4 is 21.5 Å². The van der Waals surface area contributed by atoms with E-state index in [4.69, 9.17) is 10.2 Å². The summed E-state index contributed by atoms with van der Waals surface area (Å²) in [6.07, 6.45) is -7.54. The van der Waals surface area contributed by atoms with Crippen LogP contribution in [0.15, 0.2) is 12.1 Å². The Labute approximate surface area is 401 Å². The lowest BCUT2D eigenvalue weighted by molar-refractivity contribution is -0.133. The molecular weight excluding hydrogens is 1430 g/mol. The number of carbonyl (C=O) groups excluding carboxylic acids is 6. The van der Waals surface area contributed by atoms with Crippen LogP contribution in [0.2, 0.25) is 0 Å². The van der Waals surface area contributed by atoms with Crippen LogP contribution in [0, 0.1) is 21.4 Å². The number of rotatable bonds is 16. The van der Waals surface area contributed by atoms with Gasteiger partial charge in [-0.15, -0.1) is 0 Å². The largest absolute Gasteiger partial charge is 0.394 e. The number of hydrazine groups is 2. The summed E-state index contributed by atoms with van der Waals surface area (Å²) in [7, 11) is 0. The first-order chi connectivity index (χ1) is 26.1. The topological polar surface area (TPSA) is 299 Å². The minimum Gasteiger partial charge on any atom is -0.394 e. The maximum absolute atomic E-state index is 14.2. The molecule has 0 aliphatic carbocycles. The molecule has 2 rings (SSSR count). The van der Waals surface area contributed by atoms with E-state index in [1.807, 2.05) is 90.4 Å². The quantitative estimate of drug-likeness (QED) is 0.0730. The number of carbonyl (C=O) groups is 6. The van der Waals surface area contributed by atoms with E-state index in [9.17, 15) is 54.3 Å². The molecule has 0 aliphatic heterocycles. The summed E-state index contributed by atoms with van der Waals surface area (Å²) >= 11 is 10.9. The molecule has 56 heavy (non-hydrogen) atoms. The molecule has 0 aromatic heterocycles. The van der Waals surface area contributed by atoms with Crippen molar-refractivity contribution in [2.24, 2.45) is 0 Å². The molecule has 0 heterocycles. The first-order valence-electron chi connectivity index (χ1n) is 15.9. The van der Waals surface area contributed by atoms with E-state index < -0.39 is 92.3 Å². The third-order valence-electron chi connectivity index (χ3n) is 7.17. The number of hydrogen-bond donors (Lipinski definition) is 11. The second kappa shape index (κ2) is 24.0. The van der Waals surface area contributed by atoms with Gasteiger partial charge in [-0.1, -0.05) is 0 Å². The van der Waals surface area contributed by atoms with E-state index in [-0.39, 0.29) is 42.5 Å². The van der Waals surface area contributed by atoms with Crippen molar-refractivity contribution in [1.82, 2.24) is 31.5 Å². The molecule has 19 nitrogen and oxygen atoms in total. The second-order valence-corrected chi connectivity index (χ2v) is 18.5. The molecule has 0 aliphatic rings. The molecule has 310 valence electrons. The van der Waals surface area contributed by atoms with E-state index >= 15 is 0 Å². The SMILES string of the molecule is CC(O)C(=O)NN(CC(O)CN(NC(=O)C(C)O)C(=O)c1c(I)cc(I)c(C(=O)NCC(O)CO)c1I)C(=O)c1c(I)cc(I)c(C(=O)NCC(O)CO)c1I. The molecule has 4 unspecified atom stereocenters. The maximum Gasteiger partial charge on any atom is 0.274 e. The fourth-order valence-corrected chi connectivity index (χ4v) is 12.9. The summed E-state index contributed by atoms with van der Waals surface area (Å²) < 4.78 is 1.67. The van der Waals surface area contributed by atoms with Gasteiger partial charge >= 0.3 is 0 Å². The van der Waals surface area contributed by atoms with Gasteiger partial charge in [0.1, 0.15) is 12.2 Å². The molecule has 0 bridgehead atoms. The zero-order valence-corrected chi connectivity index (χ0v) is 42.0. The summed E-state index contributed by atoms with van der Waals surface area (Å²) in [4.78, 5) is 80.0. The van der Waals surface area contributed by atoms with Crippen LogP contribution in [0.1, 0.15) is 55.3 Å². The Bertz CT molecular complexity index is 1690. The van der Waals surface area contributed by atoms with Crippen LogP contribution in [0.5, 0.6) is 0 Å². The Morgan fingerprint density at radius 1 is 0.554 bits per heavy atom. The van der Waals surface area contributed by atoms with Crippen molar-refractivity contribution in [3.63, 3.8) is 0 Å². The van der Waals surface area contributed by atoms with E-state index in [1.165, 1.54) is 12.1 Å². The fourth-order valence-electron chi connectivity index (χ4n) is 4.28. The van der Waals surface area contributed by atoms with Crippen LogP contribution in [-0.2, 0) is 9.59 Å². The average Bonchev–Trinajstić information content (AvgIpc) is 3.11. The monoisotopic (exact) mass is 1460 g/mol. The van der Waals surface area contributed by atoms with Crippen molar-refractivity contribution < 1.29 is 64.5 Å². The predicted molar refractivity (Wildman–Crippen MR) is 248 cm³/mol. The minimum absolute atomic E-state index is 0.0272. The van der Waals surface area contributed by atoms with Crippen LogP contribution >= 0.6 is 136 Å². The summed E-state index contributed by atoms with van der Waals surface area (Å²) in [5, 5.41) is 75.2. The Balaban J connectivity index is 2.60. The molecular formula is C31H36I6N6O13. The Morgan fingerprint density at radius 2 is 0.857 bits per heavy atom. The summed E-state index contributed by atoms with van der Waals surface area (Å²) in [5.41, 5.74) is 4.30. The normalized spacial score (nSPS) is 13.8. The van der Waals surface area contributed by atoms with Gasteiger partial charge in [0.05, 0.1) is 66.9 Å². The molecule has 6 amide bonds. The van der Waals surface area contributed by atoms with Crippen molar-refractivity contribution in [3.8, 4) is 0 Å². The lowest BCUT2D eigenvalue weighted by atomic mass is 10.1. The maximum atomic E-state index is 14.2. The molecule has 11 N–H and O–H groups in total. The molecule has 0 radical (unpaired) electrons. The Morgan fingerprint density at radius 3 is 1.14 bits per heavy atom. The van der Waals surface area contributed by atoms with Crippen LogP contribution in [0.25, 0.3) is 0 Å². The molecule has 2 aromatic rings. The third-order valence-corrected chi connectivity index (χ3v) is 12.7. The fraction of sp³-hybridized carbons (Fsp3) is 0.419. The number of hydrogen-bond acceptors (Lipinski definition) is 13. The molecule has 0 spiro atoms. The van der Waals surface area contributed by atoms with Gasteiger partial charge in [0.2, 0.25) is 0 Å². The van der Waals surface area contributed by atoms with E-state index in [2.05, 4.69) is 21.5 Å². The van der Waals surface area contributed by atoms with Gasteiger partial charge in [-0.05, 0) is 162 Å². The zero-order chi connectivity index (χ0) is 42.8. The highest BCUT2D eigenvalue weighted by molar-refractivity contribution is 14.1. The molecule has 0 saturated carbocycles. The highest BCUT2D eigenvalue weighted by Crippen LogP contribution is 2.30. The van der Waals surface area contributed by atoms with Crippen molar-refractivity contribution in [1.29, 1.82) is 0 Å². The van der Waals surface area contributed by atoms with E-state index in [0.717, 1.165) is 13.8 Å². The standard InChI is InChI=1S/C31H36I6N6O13/c1-11(46)26(51)40-42(30(55)22-18(34)3-16(32)20(24(22)36)28(53)38-5-13(48)9-44)7-15(50)8-43(41-27(52)12(2)47)31(56)23-19(35)4-17(33)21(25(23)37)29(54)39-6-14(49)10-45/h3-4,11-15,44-50H,5-10H2,1-2H3,(H,38,53)(H,39,54)(H,40,51)(H,41,52). The van der Waals surface area contributed by atoms with Gasteiger partial charge in [-0.2, -0.15) is 0 Å². The average molecular weight is 1460 g/mol. The van der Waals surface area contributed by atoms with Gasteiger partial charge in [0.15, 0.2) is 0 Å². The van der Waals surface area contributed by atoms with Crippen molar-refractivity contribution in [2.45, 2.75) is 44.4 Å². The van der Waals surface area contributed by atoms with E-state index in [0.29, 0.717) is 24.3 Å². The number of halogens is 6. The lowest BCUT2D eigenvalue weighted by Crippen LogP contribution is -2.56. The van der Waals surface area contributed by atoms with Gasteiger partial charge in [0, 0.05) is 34.5 Å². The van der Waals surface area contributed by atoms with Crippen molar-refractivity contribution in [2.75, 3.05) is 39.4 Å². The highest BCUT2D eigenvalue weighted by atomic mass is 127. The summed E-state index contributed by atoms with van der Waals surface area (Å²) in [5.74, 6) is -5.42. The molecule has 2 aromatic carbocycles. The smallest absolute Gasteiger partial charge is 0.274 e. The molecule has 0 fully saturated rings. The number of nitrogens with one attached hydrogen (secondary N) is 4. The number of benzene rings is 2. The van der Waals surface area contributed by atoms with Crippen molar-refractivity contribution in [3.05, 3.63) is 55.8 Å². The number of nitrogens with zero attached hydrogens (tertiary/aromatic N) is 2. The van der Waals surface area contributed by atoms with Gasteiger partial charge in [-0.3, -0.25) is 39.6 Å². The summed E-state index contributed by atoms with van der Waals surface area (Å²) in [6, 6.07) is 3.00. The zero-order valence-electron chi connectivity index (χ0n) is 29.0. The van der Waals surface area contributed by atoms with Crippen LogP contribution in [-0.4, -0.2) is 151 Å². The lowest BCUT2D eigenvalue weighted by Gasteiger charge is -2.31. The van der Waals surface area contributed by atoms with Gasteiger partial charge in [-0.25, -0.2) is 10.0 Å². The van der Waals surface area contributed by atoms with Crippen LogP contribution in [0.3, 0.4) is 0 Å². The van der Waals surface area contributed by atoms with Crippen molar-refractivity contribution >= 4 is 171 Å². The predicted octanol–water partition coefficient (Wildman–Crippen LogP) is -0.750. The van der Waals surface area contributed by atoms with E-state index in [1.54, 1.807) is 45.2 Å². The number of aliphatic hydroxyl groups excluding tert-OH is 7. The number of amides is 6. The molecule has 4 atom stereocenters. The third kappa shape index (κ3) is 14.2. The Hall–Kier alpha value is -0.640. The first-order valence-corrected chi connectivity index (χ1v) is 22.3. The van der Waals surface area contributed by atoms with Gasteiger partial charge in [0.25, 0.3) is 35.4 Å². The molecule has 25 heteroatoms. The van der Waals surface area contributed by atoms with Gasteiger partial charge < -0.3 is 46.4 Å². The number of aliphatic hydroxyl groups is 7. The summed E-state index contributed by atoms with van der Waals surface area (Å²) in [6.45, 7) is -1.13. The minimum atomic E-state index is -1.77. The molecule has 0 saturated heterocycles. The Kier molecular flexibility index (Phi) is 22.0. The highest BCUT2D eigenvalue weighted by Gasteiger charge is 2.33.